The molecule has 0 spiro atoms. The third-order valence-electron chi connectivity index (χ3n) is 3.97. The van der Waals surface area contributed by atoms with Crippen LogP contribution >= 0.6 is 0 Å². The Balaban J connectivity index is 0. The van der Waals surface area contributed by atoms with Gasteiger partial charge in [0.25, 0.3) is 0 Å². The minimum atomic E-state index is -0.599. The van der Waals surface area contributed by atoms with Gasteiger partial charge in [0.1, 0.15) is 0 Å². The summed E-state index contributed by atoms with van der Waals surface area (Å²) in [5, 5.41) is 21.8. The zero-order valence-electron chi connectivity index (χ0n) is 19.9. The van der Waals surface area contributed by atoms with Crippen LogP contribution in [0.4, 0.5) is 0 Å². The fourth-order valence-electron chi connectivity index (χ4n) is 2.23. The van der Waals surface area contributed by atoms with Crippen molar-refractivity contribution in [2.45, 2.75) is 78.4 Å². The zero-order chi connectivity index (χ0) is 23.9. The highest BCUT2D eigenvalue weighted by Gasteiger charge is 2.10. The van der Waals surface area contributed by atoms with E-state index in [2.05, 4.69) is 10.1 Å². The number of aliphatic hydroxyl groups is 2. The minimum Gasteiger partial charge on any atom is -0.469 e. The van der Waals surface area contributed by atoms with E-state index >= 15 is 0 Å². The van der Waals surface area contributed by atoms with Crippen LogP contribution in [0.5, 0.6) is 0 Å². The van der Waals surface area contributed by atoms with Crippen LogP contribution in [0.15, 0.2) is 48.6 Å². The average molecular weight is 438 g/mol. The second-order valence-electron chi connectivity index (χ2n) is 7.55. The Labute approximate surface area is 188 Å². The molecule has 0 aliphatic heterocycles. The lowest BCUT2D eigenvalue weighted by molar-refractivity contribution is -0.142. The fraction of sp³-hybridized carbons (Fsp3) is 0.600. The molecule has 0 fully saturated rings. The molecule has 6 nitrogen and oxygen atoms in total. The molecule has 0 radical (unpaired) electrons. The highest BCUT2D eigenvalue weighted by molar-refractivity contribution is 5.76. The van der Waals surface area contributed by atoms with E-state index in [1.165, 1.54) is 7.11 Å². The number of carbonyl (C=O) groups excluding carboxylic acids is 2. The van der Waals surface area contributed by atoms with Gasteiger partial charge in [-0.2, -0.15) is 0 Å². The van der Waals surface area contributed by atoms with Gasteiger partial charge in [-0.25, -0.2) is 0 Å². The highest BCUT2D eigenvalue weighted by atomic mass is 16.5. The Hall–Kier alpha value is -2.18. The van der Waals surface area contributed by atoms with E-state index in [0.29, 0.717) is 25.3 Å². The third kappa shape index (κ3) is 25.8. The molecule has 0 heterocycles. The number of allylic oxidation sites excluding steroid dienone is 8. The first-order valence-electron chi connectivity index (χ1n) is 11.0. The Kier molecular flexibility index (Phi) is 22.5. The van der Waals surface area contributed by atoms with Crippen LogP contribution in [0.1, 0.15) is 66.2 Å². The predicted molar refractivity (Wildman–Crippen MR) is 127 cm³/mol. The van der Waals surface area contributed by atoms with Crippen LogP contribution in [-0.4, -0.2) is 48.0 Å². The van der Waals surface area contributed by atoms with Gasteiger partial charge in [0.15, 0.2) is 0 Å². The average Bonchev–Trinajstić information content (AvgIpc) is 2.72. The standard InChI is InChI=1S/C14H25NO2.C11H18O3/c1-4-5-6-7-8-9-13(16)10-14(17)15-11-12(2)3;1-3-4-5-6-7-8-10(12)9-11(13)14-2/h4-7,12-13,16H,8-11H2,1-3H3,(H,15,17);3-6,10,12H,7-9H2,1-2H3/b5-4+,7-6-;4-3+,6-5-. The Bertz CT molecular complexity index is 564. The van der Waals surface area contributed by atoms with Gasteiger partial charge in [-0.15, -0.1) is 0 Å². The highest BCUT2D eigenvalue weighted by Crippen LogP contribution is 2.04. The van der Waals surface area contributed by atoms with Gasteiger partial charge in [0.05, 0.1) is 32.2 Å². The number of amides is 1. The van der Waals surface area contributed by atoms with Gasteiger partial charge in [0.2, 0.25) is 5.91 Å². The maximum Gasteiger partial charge on any atom is 0.308 e. The van der Waals surface area contributed by atoms with E-state index in [1.54, 1.807) is 0 Å². The summed E-state index contributed by atoms with van der Waals surface area (Å²) >= 11 is 0. The zero-order valence-corrected chi connectivity index (χ0v) is 19.9. The maximum atomic E-state index is 11.4. The van der Waals surface area contributed by atoms with Crippen molar-refractivity contribution < 1.29 is 24.5 Å². The molecule has 1 amide bonds. The van der Waals surface area contributed by atoms with Crippen LogP contribution in [0.25, 0.3) is 0 Å². The van der Waals surface area contributed by atoms with E-state index in [4.69, 9.17) is 0 Å². The number of rotatable bonds is 14. The van der Waals surface area contributed by atoms with Crippen LogP contribution in [0.2, 0.25) is 0 Å². The largest absolute Gasteiger partial charge is 0.469 e. The van der Waals surface area contributed by atoms with Crippen molar-refractivity contribution >= 4 is 11.9 Å². The van der Waals surface area contributed by atoms with Crippen LogP contribution in [0.3, 0.4) is 0 Å². The van der Waals surface area contributed by atoms with Crippen LogP contribution in [0, 0.1) is 5.92 Å². The third-order valence-corrected chi connectivity index (χ3v) is 3.97. The van der Waals surface area contributed by atoms with Crippen LogP contribution < -0.4 is 5.32 Å². The summed E-state index contributed by atoms with van der Waals surface area (Å²) in [6.45, 7) is 8.66. The normalized spacial score (nSPS) is 13.7. The molecule has 0 aromatic rings. The van der Waals surface area contributed by atoms with Crippen molar-refractivity contribution in [3.63, 3.8) is 0 Å². The molecule has 6 heteroatoms. The molecule has 31 heavy (non-hydrogen) atoms. The topological polar surface area (TPSA) is 95.9 Å². The number of methoxy groups -OCH3 is 1. The number of carbonyl (C=O) groups is 2. The second-order valence-corrected chi connectivity index (χ2v) is 7.55. The summed E-state index contributed by atoms with van der Waals surface area (Å²) in [5.41, 5.74) is 0. The molecule has 0 aliphatic rings. The van der Waals surface area contributed by atoms with Gasteiger partial charge in [-0.05, 0) is 45.4 Å². The summed E-state index contributed by atoms with van der Waals surface area (Å²) in [4.78, 5) is 22.1. The quantitative estimate of drug-likeness (QED) is 0.279. The molecule has 0 aliphatic carbocycles. The SMILES string of the molecule is C/C=C/C=C\CCC(O)CC(=O)NCC(C)C.C/C=C/C=C\CCC(O)CC(=O)OC. The Morgan fingerprint density at radius 3 is 1.77 bits per heavy atom. The first-order chi connectivity index (χ1) is 14.8. The number of hydrogen-bond donors (Lipinski definition) is 3. The number of ether oxygens (including phenoxy) is 1. The molecule has 0 saturated carbocycles. The molecule has 2 atom stereocenters. The van der Waals surface area contributed by atoms with Gasteiger partial charge >= 0.3 is 5.97 Å². The van der Waals surface area contributed by atoms with Crippen molar-refractivity contribution in [1.82, 2.24) is 5.32 Å². The fourth-order valence-corrected chi connectivity index (χ4v) is 2.23. The molecule has 178 valence electrons. The summed E-state index contributed by atoms with van der Waals surface area (Å²) in [6.07, 6.45) is 17.5. The number of aliphatic hydroxyl groups excluding tert-OH is 2. The van der Waals surface area contributed by atoms with Crippen molar-refractivity contribution in [3.8, 4) is 0 Å². The first-order valence-corrected chi connectivity index (χ1v) is 11.0. The molecule has 0 bridgehead atoms. The monoisotopic (exact) mass is 437 g/mol. The van der Waals surface area contributed by atoms with Crippen molar-refractivity contribution in [3.05, 3.63) is 48.6 Å². The number of hydrogen-bond acceptors (Lipinski definition) is 5. The van der Waals surface area contributed by atoms with Crippen molar-refractivity contribution in [1.29, 1.82) is 0 Å². The van der Waals surface area contributed by atoms with Crippen molar-refractivity contribution in [2.75, 3.05) is 13.7 Å². The Morgan fingerprint density at radius 2 is 1.35 bits per heavy atom. The molecular weight excluding hydrogens is 394 g/mol. The van der Waals surface area contributed by atoms with Crippen LogP contribution in [-0.2, 0) is 14.3 Å². The second kappa shape index (κ2) is 22.5. The van der Waals surface area contributed by atoms with E-state index in [-0.39, 0.29) is 24.7 Å². The number of esters is 1. The Morgan fingerprint density at radius 1 is 0.871 bits per heavy atom. The molecule has 0 rings (SSSR count). The smallest absolute Gasteiger partial charge is 0.308 e. The lowest BCUT2D eigenvalue weighted by Gasteiger charge is -2.11. The summed E-state index contributed by atoms with van der Waals surface area (Å²) < 4.78 is 4.44. The molecule has 3 N–H and O–H groups in total. The van der Waals surface area contributed by atoms with Gasteiger partial charge in [0, 0.05) is 6.54 Å². The van der Waals surface area contributed by atoms with Gasteiger partial charge < -0.3 is 20.3 Å². The van der Waals surface area contributed by atoms with E-state index < -0.39 is 12.2 Å². The van der Waals surface area contributed by atoms with E-state index in [0.717, 1.165) is 12.8 Å². The molecule has 2 unspecified atom stereocenters. The molecule has 0 aromatic heterocycles. The minimum absolute atomic E-state index is 0.0661. The summed E-state index contributed by atoms with van der Waals surface area (Å²) in [5.74, 6) is 0.0124. The van der Waals surface area contributed by atoms with E-state index in [9.17, 15) is 19.8 Å². The summed E-state index contributed by atoms with van der Waals surface area (Å²) in [6, 6.07) is 0. The van der Waals surface area contributed by atoms with Gasteiger partial charge in [-0.3, -0.25) is 9.59 Å². The summed E-state index contributed by atoms with van der Waals surface area (Å²) in [7, 11) is 1.32. The maximum absolute atomic E-state index is 11.4. The van der Waals surface area contributed by atoms with Crippen molar-refractivity contribution in [2.24, 2.45) is 5.92 Å². The lowest BCUT2D eigenvalue weighted by Crippen LogP contribution is -2.30. The molecular formula is C25H43NO5. The number of nitrogens with one attached hydrogen (secondary N) is 1. The molecule has 0 saturated heterocycles. The lowest BCUT2D eigenvalue weighted by atomic mass is 10.1. The predicted octanol–water partition coefficient (Wildman–Crippen LogP) is 4.25. The first kappa shape index (κ1) is 31.0. The van der Waals surface area contributed by atoms with Gasteiger partial charge in [-0.1, -0.05) is 62.5 Å². The molecule has 0 aromatic carbocycles. The van der Waals surface area contributed by atoms with E-state index in [1.807, 2.05) is 76.3 Å².